The zero-order valence-corrected chi connectivity index (χ0v) is 16.1. The van der Waals surface area contributed by atoms with E-state index in [0.717, 1.165) is 28.1 Å². The third-order valence-corrected chi connectivity index (χ3v) is 4.96. The maximum Gasteiger partial charge on any atom is 0.224 e. The van der Waals surface area contributed by atoms with Gasteiger partial charge in [0.25, 0.3) is 0 Å². The highest BCUT2D eigenvalue weighted by Crippen LogP contribution is 2.19. The number of amides is 1. The summed E-state index contributed by atoms with van der Waals surface area (Å²) in [5.74, 6) is 0.0478. The molecule has 0 aliphatic heterocycles. The monoisotopic (exact) mass is 401 g/mol. The van der Waals surface area contributed by atoms with Gasteiger partial charge in [0.05, 0.1) is 39.7 Å². The Bertz CT molecular complexity index is 709. The second-order valence-corrected chi connectivity index (χ2v) is 6.72. The molecule has 126 valence electrons. The molecule has 2 aromatic rings. The molecule has 6 nitrogen and oxygen atoms in total. The summed E-state index contributed by atoms with van der Waals surface area (Å²) >= 11 is 9.60. The number of aromatic nitrogens is 4. The Kier molecular flexibility index (Phi) is 5.86. The van der Waals surface area contributed by atoms with Gasteiger partial charge in [0.1, 0.15) is 0 Å². The van der Waals surface area contributed by atoms with E-state index in [1.54, 1.807) is 16.6 Å². The van der Waals surface area contributed by atoms with Crippen LogP contribution < -0.4 is 0 Å². The molecule has 2 rings (SSSR count). The lowest BCUT2D eigenvalue weighted by molar-refractivity contribution is -0.130. The van der Waals surface area contributed by atoms with Gasteiger partial charge in [-0.2, -0.15) is 10.2 Å². The third-order valence-electron chi connectivity index (χ3n) is 3.75. The van der Waals surface area contributed by atoms with Crippen LogP contribution in [-0.4, -0.2) is 37.4 Å². The summed E-state index contributed by atoms with van der Waals surface area (Å²) in [4.78, 5) is 14.0. The van der Waals surface area contributed by atoms with Gasteiger partial charge in [-0.3, -0.25) is 14.2 Å². The molecule has 0 fully saturated rings. The average Bonchev–Trinajstić information content (AvgIpc) is 2.99. The number of rotatable bonds is 6. The van der Waals surface area contributed by atoms with Gasteiger partial charge in [-0.25, -0.2) is 0 Å². The van der Waals surface area contributed by atoms with Crippen LogP contribution in [0.2, 0.25) is 5.02 Å². The van der Waals surface area contributed by atoms with Crippen molar-refractivity contribution in [2.45, 2.75) is 46.8 Å². The summed E-state index contributed by atoms with van der Waals surface area (Å²) in [7, 11) is 1.79. The van der Waals surface area contributed by atoms with Crippen molar-refractivity contribution in [2.75, 3.05) is 7.05 Å². The summed E-state index contributed by atoms with van der Waals surface area (Å²) in [6.07, 6.45) is 2.30. The minimum Gasteiger partial charge on any atom is -0.340 e. The van der Waals surface area contributed by atoms with Crippen molar-refractivity contribution in [3.63, 3.8) is 0 Å². The van der Waals surface area contributed by atoms with Gasteiger partial charge in [0.15, 0.2) is 0 Å². The first-order valence-corrected chi connectivity index (χ1v) is 8.65. The second kappa shape index (κ2) is 7.49. The molecule has 0 bridgehead atoms. The predicted octanol–water partition coefficient (Wildman–Crippen LogP) is 3.18. The van der Waals surface area contributed by atoms with Crippen molar-refractivity contribution in [3.8, 4) is 0 Å². The highest BCUT2D eigenvalue weighted by atomic mass is 79.9. The van der Waals surface area contributed by atoms with E-state index >= 15 is 0 Å². The molecule has 8 heteroatoms. The smallest absolute Gasteiger partial charge is 0.224 e. The minimum absolute atomic E-state index is 0.0478. The molecule has 0 atom stereocenters. The van der Waals surface area contributed by atoms with E-state index in [4.69, 9.17) is 11.6 Å². The number of aryl methyl sites for hydroxylation is 3. The molecule has 0 unspecified atom stereocenters. The van der Waals surface area contributed by atoms with E-state index in [1.165, 1.54) is 0 Å². The maximum absolute atomic E-state index is 12.3. The van der Waals surface area contributed by atoms with Crippen molar-refractivity contribution in [2.24, 2.45) is 0 Å². The molecule has 0 N–H and O–H groups in total. The van der Waals surface area contributed by atoms with Crippen molar-refractivity contribution in [1.82, 2.24) is 24.5 Å². The second-order valence-electron chi connectivity index (χ2n) is 5.49. The van der Waals surface area contributed by atoms with Crippen LogP contribution in [0.15, 0.2) is 10.7 Å². The summed E-state index contributed by atoms with van der Waals surface area (Å²) in [6.45, 7) is 7.59. The standard InChI is InChI=1S/C15H21BrClN5O/c1-5-21-8-12(16)13(19-21)9-20(4)14(23)6-7-22-11(3)15(17)10(2)18-22/h8H,5-7,9H2,1-4H3. The zero-order chi connectivity index (χ0) is 17.1. The zero-order valence-electron chi connectivity index (χ0n) is 13.8. The van der Waals surface area contributed by atoms with Gasteiger partial charge < -0.3 is 4.90 Å². The Morgan fingerprint density at radius 2 is 2.09 bits per heavy atom. The first-order valence-electron chi connectivity index (χ1n) is 7.48. The molecule has 0 aliphatic carbocycles. The van der Waals surface area contributed by atoms with Crippen LogP contribution >= 0.6 is 27.5 Å². The Labute approximate surface area is 149 Å². The first-order chi connectivity index (χ1) is 10.8. The molecule has 2 aromatic heterocycles. The van der Waals surface area contributed by atoms with Gasteiger partial charge in [0, 0.05) is 26.2 Å². The van der Waals surface area contributed by atoms with Crippen LogP contribution in [-0.2, 0) is 24.4 Å². The summed E-state index contributed by atoms with van der Waals surface area (Å²) in [5.41, 5.74) is 2.54. The fourth-order valence-corrected chi connectivity index (χ4v) is 2.88. The lowest BCUT2D eigenvalue weighted by Gasteiger charge is -2.16. The Balaban J connectivity index is 1.94. The highest BCUT2D eigenvalue weighted by Gasteiger charge is 2.15. The molecule has 0 spiro atoms. The fraction of sp³-hybridized carbons (Fsp3) is 0.533. The average molecular weight is 403 g/mol. The third kappa shape index (κ3) is 4.14. The van der Waals surface area contributed by atoms with E-state index in [1.807, 2.05) is 31.6 Å². The number of hydrogen-bond donors (Lipinski definition) is 0. The number of halogens is 2. The van der Waals surface area contributed by atoms with Crippen LogP contribution in [0.1, 0.15) is 30.4 Å². The Morgan fingerprint density at radius 1 is 1.39 bits per heavy atom. The first kappa shape index (κ1) is 18.0. The van der Waals surface area contributed by atoms with Crippen molar-refractivity contribution < 1.29 is 4.79 Å². The number of hydrogen-bond acceptors (Lipinski definition) is 3. The fourth-order valence-electron chi connectivity index (χ4n) is 2.30. The van der Waals surface area contributed by atoms with E-state index in [9.17, 15) is 4.79 Å². The largest absolute Gasteiger partial charge is 0.340 e. The van der Waals surface area contributed by atoms with Gasteiger partial charge in [0.2, 0.25) is 5.91 Å². The van der Waals surface area contributed by atoms with Gasteiger partial charge in [-0.05, 0) is 36.7 Å². The quantitative estimate of drug-likeness (QED) is 0.745. The number of carbonyl (C=O) groups excluding carboxylic acids is 1. The van der Waals surface area contributed by atoms with Crippen LogP contribution in [0, 0.1) is 13.8 Å². The lowest BCUT2D eigenvalue weighted by atomic mass is 10.3. The predicted molar refractivity (Wildman–Crippen MR) is 93.4 cm³/mol. The molecule has 0 radical (unpaired) electrons. The normalized spacial score (nSPS) is 11.0. The van der Waals surface area contributed by atoms with Crippen LogP contribution in [0.25, 0.3) is 0 Å². The molecule has 0 aliphatic rings. The highest BCUT2D eigenvalue weighted by molar-refractivity contribution is 9.10. The minimum atomic E-state index is 0.0478. The molecule has 1 amide bonds. The molecule has 0 saturated carbocycles. The van der Waals surface area contributed by atoms with E-state index in [2.05, 4.69) is 26.1 Å². The molecular weight excluding hydrogens is 382 g/mol. The molecule has 0 saturated heterocycles. The molecular formula is C15H21BrClN5O. The summed E-state index contributed by atoms with van der Waals surface area (Å²) in [5, 5.41) is 9.45. The van der Waals surface area contributed by atoms with Crippen molar-refractivity contribution >= 4 is 33.4 Å². The van der Waals surface area contributed by atoms with Gasteiger partial charge in [-0.1, -0.05) is 11.6 Å². The van der Waals surface area contributed by atoms with Crippen LogP contribution in [0.3, 0.4) is 0 Å². The number of carbonyl (C=O) groups is 1. The summed E-state index contributed by atoms with van der Waals surface area (Å²) < 4.78 is 4.55. The van der Waals surface area contributed by atoms with E-state index in [0.29, 0.717) is 24.5 Å². The van der Waals surface area contributed by atoms with Crippen LogP contribution in [0.5, 0.6) is 0 Å². The van der Waals surface area contributed by atoms with E-state index < -0.39 is 0 Å². The number of nitrogens with zero attached hydrogens (tertiary/aromatic N) is 5. The summed E-state index contributed by atoms with van der Waals surface area (Å²) in [6, 6.07) is 0. The molecule has 0 aromatic carbocycles. The SMILES string of the molecule is CCn1cc(Br)c(CN(C)C(=O)CCn2nc(C)c(Cl)c2C)n1. The maximum atomic E-state index is 12.3. The lowest BCUT2D eigenvalue weighted by Crippen LogP contribution is -2.27. The Morgan fingerprint density at radius 3 is 2.61 bits per heavy atom. The van der Waals surface area contributed by atoms with Crippen LogP contribution in [0.4, 0.5) is 0 Å². The Hall–Kier alpha value is -1.34. The molecule has 23 heavy (non-hydrogen) atoms. The van der Waals surface area contributed by atoms with Gasteiger partial charge >= 0.3 is 0 Å². The van der Waals surface area contributed by atoms with Crippen molar-refractivity contribution in [1.29, 1.82) is 0 Å². The van der Waals surface area contributed by atoms with Crippen molar-refractivity contribution in [3.05, 3.63) is 32.8 Å². The van der Waals surface area contributed by atoms with E-state index in [-0.39, 0.29) is 5.91 Å². The topological polar surface area (TPSA) is 56.0 Å². The van der Waals surface area contributed by atoms with Gasteiger partial charge in [-0.15, -0.1) is 0 Å². The molecule has 2 heterocycles.